The molecule has 4 rings (SSSR count). The zero-order chi connectivity index (χ0) is 22.2. The van der Waals surface area contributed by atoms with Gasteiger partial charge < -0.3 is 10.5 Å². The summed E-state index contributed by atoms with van der Waals surface area (Å²) >= 11 is 0. The predicted molar refractivity (Wildman–Crippen MR) is 117 cm³/mol. The lowest BCUT2D eigenvalue weighted by molar-refractivity contribution is 0.215. The minimum Gasteiger partial charge on any atom is -0.496 e. The molecule has 0 fully saturated rings. The molecule has 1 aliphatic carbocycles. The van der Waals surface area contributed by atoms with Crippen LogP contribution in [0.2, 0.25) is 0 Å². The van der Waals surface area contributed by atoms with E-state index in [0.29, 0.717) is 13.1 Å². The Kier molecular flexibility index (Phi) is 5.15. The van der Waals surface area contributed by atoms with Gasteiger partial charge in [0.25, 0.3) is 0 Å². The van der Waals surface area contributed by atoms with Gasteiger partial charge in [-0.3, -0.25) is 4.90 Å². The van der Waals surface area contributed by atoms with Gasteiger partial charge in [-0.1, -0.05) is 43.3 Å². The molecule has 0 amide bonds. The summed E-state index contributed by atoms with van der Waals surface area (Å²) < 4.78 is 5.54. The Morgan fingerprint density at radius 1 is 1.13 bits per heavy atom. The second kappa shape index (κ2) is 7.80. The summed E-state index contributed by atoms with van der Waals surface area (Å²) in [5.41, 5.74) is 6.83. The van der Waals surface area contributed by atoms with Gasteiger partial charge in [-0.05, 0) is 29.1 Å². The number of likely N-dealkylation sites (N-methyl/N-ethyl adjacent to an activating group) is 1. The first-order chi connectivity index (χ1) is 15.1. The molecule has 2 aliphatic rings. The van der Waals surface area contributed by atoms with Gasteiger partial charge in [0.1, 0.15) is 11.8 Å². The van der Waals surface area contributed by atoms with Crippen LogP contribution < -0.4 is 10.5 Å². The molecule has 0 aromatic heterocycles. The van der Waals surface area contributed by atoms with E-state index in [1.54, 1.807) is 7.11 Å². The minimum atomic E-state index is -1.64. The highest BCUT2D eigenvalue weighted by atomic mass is 16.5. The third-order valence-corrected chi connectivity index (χ3v) is 6.66. The lowest BCUT2D eigenvalue weighted by Gasteiger charge is -2.45. The molecule has 1 heterocycles. The van der Waals surface area contributed by atoms with Crippen molar-refractivity contribution in [1.29, 1.82) is 15.8 Å². The van der Waals surface area contributed by atoms with E-state index in [0.717, 1.165) is 34.2 Å². The molecule has 0 saturated carbocycles. The van der Waals surface area contributed by atoms with E-state index in [1.807, 2.05) is 42.5 Å². The first-order valence-electron chi connectivity index (χ1n) is 10.3. The summed E-state index contributed by atoms with van der Waals surface area (Å²) in [6.45, 7) is 4.28. The molecule has 0 bridgehead atoms. The summed E-state index contributed by atoms with van der Waals surface area (Å²) in [6, 6.07) is 18.2. The molecule has 0 radical (unpaired) electrons. The molecular weight excluding hydrogens is 386 g/mol. The standard InChI is InChI=1S/C25H23N5O/c1-3-30-11-10-17-20(12-26)24(29)25(14-27,15-28)23(21(17)13-30)19-8-9-22(31-2)18-7-5-4-6-16(18)19/h4-10,21,23H,3,11,13,29H2,1-2H3/t21-,23+/m1/s1. The minimum absolute atomic E-state index is 0.0531. The summed E-state index contributed by atoms with van der Waals surface area (Å²) in [4.78, 5) is 2.25. The Morgan fingerprint density at radius 3 is 2.45 bits per heavy atom. The number of hydrogen-bond donors (Lipinski definition) is 1. The highest BCUT2D eigenvalue weighted by Crippen LogP contribution is 2.55. The zero-order valence-corrected chi connectivity index (χ0v) is 17.6. The number of methoxy groups -OCH3 is 1. The number of benzene rings is 2. The monoisotopic (exact) mass is 409 g/mol. The number of nitrogens with two attached hydrogens (primary N) is 1. The molecule has 0 unspecified atom stereocenters. The number of hydrogen-bond acceptors (Lipinski definition) is 6. The zero-order valence-electron chi connectivity index (χ0n) is 17.6. The summed E-state index contributed by atoms with van der Waals surface area (Å²) in [7, 11) is 1.62. The van der Waals surface area contributed by atoms with Gasteiger partial charge in [0.15, 0.2) is 5.41 Å². The van der Waals surface area contributed by atoms with Crippen LogP contribution >= 0.6 is 0 Å². The first-order valence-corrected chi connectivity index (χ1v) is 10.3. The van der Waals surface area contributed by atoms with Gasteiger partial charge in [0.2, 0.25) is 0 Å². The highest BCUT2D eigenvalue weighted by molar-refractivity contribution is 5.92. The van der Waals surface area contributed by atoms with Gasteiger partial charge in [-0.25, -0.2) is 0 Å². The fourth-order valence-electron chi connectivity index (χ4n) is 5.09. The van der Waals surface area contributed by atoms with Crippen LogP contribution in [0.5, 0.6) is 5.75 Å². The van der Waals surface area contributed by atoms with Crippen molar-refractivity contribution in [3.05, 3.63) is 64.9 Å². The molecule has 2 atom stereocenters. The predicted octanol–water partition coefficient (Wildman–Crippen LogP) is 3.59. The Labute approximate surface area is 182 Å². The average molecular weight is 409 g/mol. The van der Waals surface area contributed by atoms with Crippen LogP contribution in [0.1, 0.15) is 18.4 Å². The van der Waals surface area contributed by atoms with Crippen LogP contribution in [0.25, 0.3) is 10.8 Å². The maximum atomic E-state index is 10.3. The second-order valence-corrected chi connectivity index (χ2v) is 7.93. The summed E-state index contributed by atoms with van der Waals surface area (Å²) in [5.74, 6) is 0.00764. The molecule has 6 heteroatoms. The molecular formula is C25H23N5O. The van der Waals surface area contributed by atoms with Crippen molar-refractivity contribution in [2.45, 2.75) is 12.8 Å². The van der Waals surface area contributed by atoms with E-state index < -0.39 is 11.3 Å². The quantitative estimate of drug-likeness (QED) is 0.829. The van der Waals surface area contributed by atoms with E-state index in [9.17, 15) is 15.8 Å². The summed E-state index contributed by atoms with van der Waals surface area (Å²) in [6.07, 6.45) is 2.03. The van der Waals surface area contributed by atoms with E-state index in [1.165, 1.54) is 0 Å². The van der Waals surface area contributed by atoms with Gasteiger partial charge in [0.05, 0.1) is 30.5 Å². The van der Waals surface area contributed by atoms with Gasteiger partial charge in [-0.15, -0.1) is 0 Å². The normalized spacial score (nSPS) is 22.6. The lowest BCUT2D eigenvalue weighted by atomic mass is 9.57. The molecule has 154 valence electrons. The van der Waals surface area contributed by atoms with Crippen molar-refractivity contribution >= 4 is 10.8 Å². The van der Waals surface area contributed by atoms with Crippen LogP contribution in [0.15, 0.2) is 59.3 Å². The lowest BCUT2D eigenvalue weighted by Crippen LogP contribution is -2.48. The topological polar surface area (TPSA) is 110 Å². The smallest absolute Gasteiger partial charge is 0.191 e. The van der Waals surface area contributed by atoms with Crippen LogP contribution in [0.3, 0.4) is 0 Å². The second-order valence-electron chi connectivity index (χ2n) is 7.93. The largest absolute Gasteiger partial charge is 0.496 e. The van der Waals surface area contributed by atoms with Crippen LogP contribution in [0, 0.1) is 45.3 Å². The van der Waals surface area contributed by atoms with E-state index in [4.69, 9.17) is 10.5 Å². The number of rotatable bonds is 3. The Bertz CT molecular complexity index is 1220. The van der Waals surface area contributed by atoms with Crippen LogP contribution in [-0.4, -0.2) is 31.6 Å². The fraction of sp³-hybridized carbons (Fsp3) is 0.320. The number of ether oxygens (including phenoxy) is 1. The maximum absolute atomic E-state index is 10.3. The van der Waals surface area contributed by atoms with E-state index in [2.05, 4.69) is 30.0 Å². The molecule has 31 heavy (non-hydrogen) atoms. The SMILES string of the molecule is CCN1CC=C2C(C#N)=C(N)C(C#N)(C#N)[C@@H](c3ccc(OC)c4ccccc34)[C@@H]2C1. The van der Waals surface area contributed by atoms with Crippen LogP contribution in [0.4, 0.5) is 0 Å². The molecule has 2 N–H and O–H groups in total. The van der Waals surface area contributed by atoms with Crippen LogP contribution in [-0.2, 0) is 0 Å². The average Bonchev–Trinajstić information content (AvgIpc) is 2.82. The third kappa shape index (κ3) is 2.87. The highest BCUT2D eigenvalue weighted by Gasteiger charge is 2.54. The van der Waals surface area contributed by atoms with Gasteiger partial charge >= 0.3 is 0 Å². The third-order valence-electron chi connectivity index (χ3n) is 6.66. The van der Waals surface area contributed by atoms with Gasteiger partial charge in [0, 0.05) is 30.3 Å². The van der Waals surface area contributed by atoms with Crippen molar-refractivity contribution in [1.82, 2.24) is 4.90 Å². The van der Waals surface area contributed by atoms with E-state index >= 15 is 0 Å². The Morgan fingerprint density at radius 2 is 1.84 bits per heavy atom. The number of nitriles is 3. The molecule has 2 aromatic rings. The van der Waals surface area contributed by atoms with Crippen molar-refractivity contribution in [3.8, 4) is 24.0 Å². The van der Waals surface area contributed by atoms with Crippen molar-refractivity contribution < 1.29 is 4.74 Å². The molecule has 1 aliphatic heterocycles. The molecule has 0 saturated heterocycles. The first kappa shape index (κ1) is 20.5. The van der Waals surface area contributed by atoms with Crippen molar-refractivity contribution in [3.63, 3.8) is 0 Å². The Balaban J connectivity index is 2.08. The molecule has 2 aromatic carbocycles. The molecule has 6 nitrogen and oxygen atoms in total. The van der Waals surface area contributed by atoms with Gasteiger partial charge in [-0.2, -0.15) is 15.8 Å². The Hall–Kier alpha value is -3.79. The number of fused-ring (bicyclic) bond motifs is 2. The van der Waals surface area contributed by atoms with Crippen molar-refractivity contribution in [2.24, 2.45) is 17.1 Å². The maximum Gasteiger partial charge on any atom is 0.191 e. The van der Waals surface area contributed by atoms with Crippen molar-refractivity contribution in [2.75, 3.05) is 26.7 Å². The van der Waals surface area contributed by atoms with E-state index in [-0.39, 0.29) is 17.2 Å². The number of nitrogens with zero attached hydrogens (tertiary/aromatic N) is 4. The summed E-state index contributed by atoms with van der Waals surface area (Å²) in [5, 5.41) is 32.3. The fourth-order valence-corrected chi connectivity index (χ4v) is 5.09. The number of allylic oxidation sites excluding steroid dienone is 2. The molecule has 0 spiro atoms.